The second-order valence-corrected chi connectivity index (χ2v) is 5.82. The van der Waals surface area contributed by atoms with Gasteiger partial charge < -0.3 is 9.47 Å². The van der Waals surface area contributed by atoms with E-state index in [1.807, 2.05) is 5.06 Å². The van der Waals surface area contributed by atoms with E-state index in [9.17, 15) is 0 Å². The molecule has 2 rings (SSSR count). The van der Waals surface area contributed by atoms with E-state index in [-0.39, 0.29) is 24.7 Å². The molecule has 0 aromatic heterocycles. The van der Waals surface area contributed by atoms with Crippen LogP contribution in [0.25, 0.3) is 0 Å². The summed E-state index contributed by atoms with van der Waals surface area (Å²) in [7, 11) is 1.60. The molecule has 4 heteroatoms. The molecule has 0 unspecified atom stereocenters. The summed E-state index contributed by atoms with van der Waals surface area (Å²) in [4.78, 5) is 5.85. The molecular weight excluding hydrogens is 242 g/mol. The molecule has 1 aliphatic heterocycles. The van der Waals surface area contributed by atoms with Gasteiger partial charge in [0, 0.05) is 7.11 Å². The Morgan fingerprint density at radius 1 is 0.947 bits per heavy atom. The Bertz CT molecular complexity index is 408. The first-order valence-corrected chi connectivity index (χ1v) is 6.52. The van der Waals surface area contributed by atoms with Gasteiger partial charge in [-0.3, -0.25) is 4.84 Å². The highest BCUT2D eigenvalue weighted by Gasteiger charge is 2.50. The Kier molecular flexibility index (Phi) is 3.97. The van der Waals surface area contributed by atoms with E-state index in [2.05, 4.69) is 52.0 Å². The van der Waals surface area contributed by atoms with Gasteiger partial charge in [0.15, 0.2) is 6.79 Å². The average molecular weight is 265 g/mol. The van der Waals surface area contributed by atoms with Gasteiger partial charge in [0.2, 0.25) is 0 Å². The molecule has 1 aromatic carbocycles. The van der Waals surface area contributed by atoms with E-state index >= 15 is 0 Å². The molecule has 106 valence electrons. The Hall–Kier alpha value is -0.940. The highest BCUT2D eigenvalue weighted by molar-refractivity contribution is 5.42. The van der Waals surface area contributed by atoms with Crippen LogP contribution >= 0.6 is 0 Å². The van der Waals surface area contributed by atoms with Crippen molar-refractivity contribution in [3.8, 4) is 0 Å². The van der Waals surface area contributed by atoms with Crippen molar-refractivity contribution in [2.45, 2.75) is 38.8 Å². The smallest absolute Gasteiger partial charge is 0.170 e. The van der Waals surface area contributed by atoms with Crippen molar-refractivity contribution in [3.63, 3.8) is 0 Å². The van der Waals surface area contributed by atoms with Gasteiger partial charge in [-0.25, -0.2) is 0 Å². The van der Waals surface area contributed by atoms with Gasteiger partial charge in [0.25, 0.3) is 0 Å². The minimum absolute atomic E-state index is 0.184. The largest absolute Gasteiger partial charge is 0.359 e. The Morgan fingerprint density at radius 2 is 1.47 bits per heavy atom. The van der Waals surface area contributed by atoms with Gasteiger partial charge in [0.05, 0.1) is 11.1 Å². The Balaban J connectivity index is 2.21. The quantitative estimate of drug-likeness (QED) is 0.605. The lowest BCUT2D eigenvalue weighted by molar-refractivity contribution is -0.309. The van der Waals surface area contributed by atoms with Crippen LogP contribution in [0.5, 0.6) is 0 Å². The highest BCUT2D eigenvalue weighted by atomic mass is 16.8. The molecule has 0 saturated carbocycles. The predicted octanol–water partition coefficient (Wildman–Crippen LogP) is 2.98. The molecule has 0 radical (unpaired) electrons. The number of hydrogen-bond donors (Lipinski definition) is 0. The zero-order valence-electron chi connectivity index (χ0n) is 12.4. The summed E-state index contributed by atoms with van der Waals surface area (Å²) in [6.07, 6.45) is 0. The monoisotopic (exact) mass is 265 g/mol. The van der Waals surface area contributed by atoms with Crippen molar-refractivity contribution in [2.24, 2.45) is 0 Å². The number of fused-ring (bicyclic) bond motifs is 1. The maximum atomic E-state index is 5.85. The first-order chi connectivity index (χ1) is 8.92. The zero-order valence-corrected chi connectivity index (χ0v) is 12.4. The number of methoxy groups -OCH3 is 1. The number of ether oxygens (including phenoxy) is 2. The lowest BCUT2D eigenvalue weighted by Crippen LogP contribution is -2.45. The second kappa shape index (κ2) is 5.21. The first kappa shape index (κ1) is 14.5. The van der Waals surface area contributed by atoms with Gasteiger partial charge in [0.1, 0.15) is 6.79 Å². The normalized spacial score (nSPS) is 20.5. The Labute approximate surface area is 115 Å². The van der Waals surface area contributed by atoms with Gasteiger partial charge in [-0.15, -0.1) is 0 Å². The van der Waals surface area contributed by atoms with Crippen LogP contribution in [0, 0.1) is 0 Å². The molecular formula is C15H23NO3. The lowest BCUT2D eigenvalue weighted by Gasteiger charge is -2.39. The predicted molar refractivity (Wildman–Crippen MR) is 73.2 cm³/mol. The van der Waals surface area contributed by atoms with Gasteiger partial charge in [-0.2, -0.15) is 5.06 Å². The van der Waals surface area contributed by atoms with Crippen LogP contribution in [0.15, 0.2) is 24.3 Å². The number of hydrogen-bond acceptors (Lipinski definition) is 4. The van der Waals surface area contributed by atoms with Crippen molar-refractivity contribution >= 4 is 0 Å². The molecule has 0 amide bonds. The van der Waals surface area contributed by atoms with Crippen molar-refractivity contribution in [2.75, 3.05) is 20.7 Å². The van der Waals surface area contributed by atoms with E-state index in [4.69, 9.17) is 14.3 Å². The van der Waals surface area contributed by atoms with Crippen molar-refractivity contribution in [1.29, 1.82) is 0 Å². The summed E-state index contributed by atoms with van der Waals surface area (Å²) < 4.78 is 10.1. The molecule has 0 aliphatic carbocycles. The maximum Gasteiger partial charge on any atom is 0.170 e. The topological polar surface area (TPSA) is 30.9 Å². The van der Waals surface area contributed by atoms with Gasteiger partial charge in [-0.1, -0.05) is 24.3 Å². The standard InChI is InChI=1S/C15H23NO3/c1-14(2)12-8-6-7-9-13(12)15(3,4)16(14)19-11-18-10-17-5/h6-9H,10-11H2,1-5H3. The first-order valence-electron chi connectivity index (χ1n) is 6.52. The summed E-state index contributed by atoms with van der Waals surface area (Å²) in [6, 6.07) is 8.47. The third kappa shape index (κ3) is 2.41. The minimum Gasteiger partial charge on any atom is -0.359 e. The zero-order chi connectivity index (χ0) is 14.1. The van der Waals surface area contributed by atoms with Gasteiger partial charge in [-0.05, 0) is 38.8 Å². The number of hydroxylamine groups is 2. The third-order valence-electron chi connectivity index (χ3n) is 3.73. The average Bonchev–Trinajstić information content (AvgIpc) is 2.52. The van der Waals surface area contributed by atoms with E-state index in [0.717, 1.165) is 0 Å². The summed E-state index contributed by atoms with van der Waals surface area (Å²) in [5, 5.41) is 2.01. The fourth-order valence-corrected chi connectivity index (χ4v) is 3.00. The molecule has 0 saturated heterocycles. The molecule has 0 fully saturated rings. The third-order valence-corrected chi connectivity index (χ3v) is 3.73. The highest BCUT2D eigenvalue weighted by Crippen LogP contribution is 2.49. The fraction of sp³-hybridized carbons (Fsp3) is 0.600. The van der Waals surface area contributed by atoms with Crippen LogP contribution in [0.3, 0.4) is 0 Å². The van der Waals surface area contributed by atoms with E-state index in [1.165, 1.54) is 11.1 Å². The molecule has 1 heterocycles. The molecule has 1 aliphatic rings. The number of rotatable bonds is 5. The van der Waals surface area contributed by atoms with Gasteiger partial charge >= 0.3 is 0 Å². The molecule has 0 N–H and O–H groups in total. The van der Waals surface area contributed by atoms with E-state index < -0.39 is 0 Å². The number of nitrogens with zero attached hydrogens (tertiary/aromatic N) is 1. The van der Waals surface area contributed by atoms with Crippen LogP contribution < -0.4 is 0 Å². The molecule has 1 aromatic rings. The van der Waals surface area contributed by atoms with Crippen molar-refractivity contribution in [3.05, 3.63) is 35.4 Å². The fourth-order valence-electron chi connectivity index (χ4n) is 3.00. The molecule has 19 heavy (non-hydrogen) atoms. The molecule has 0 spiro atoms. The Morgan fingerprint density at radius 3 is 1.95 bits per heavy atom. The maximum absolute atomic E-state index is 5.85. The van der Waals surface area contributed by atoms with Crippen LogP contribution in [0.4, 0.5) is 0 Å². The summed E-state index contributed by atoms with van der Waals surface area (Å²) in [5.41, 5.74) is 2.23. The molecule has 0 atom stereocenters. The SMILES string of the molecule is COCOCON1C(C)(C)c2ccccc2C1(C)C. The van der Waals surface area contributed by atoms with Crippen molar-refractivity contribution in [1.82, 2.24) is 5.06 Å². The van der Waals surface area contributed by atoms with Crippen LogP contribution in [0.2, 0.25) is 0 Å². The molecule has 0 bridgehead atoms. The lowest BCUT2D eigenvalue weighted by atomic mass is 9.91. The summed E-state index contributed by atoms with van der Waals surface area (Å²) >= 11 is 0. The number of benzene rings is 1. The minimum atomic E-state index is -0.184. The molecule has 4 nitrogen and oxygen atoms in total. The van der Waals surface area contributed by atoms with Crippen molar-refractivity contribution < 1.29 is 14.3 Å². The summed E-state index contributed by atoms with van der Waals surface area (Å²) in [6.45, 7) is 9.08. The van der Waals surface area contributed by atoms with Crippen LogP contribution in [-0.4, -0.2) is 25.8 Å². The van der Waals surface area contributed by atoms with Crippen LogP contribution in [-0.2, 0) is 25.4 Å². The second-order valence-electron chi connectivity index (χ2n) is 5.82. The van der Waals surface area contributed by atoms with E-state index in [1.54, 1.807) is 7.11 Å². The van der Waals surface area contributed by atoms with Crippen LogP contribution in [0.1, 0.15) is 38.8 Å². The summed E-state index contributed by atoms with van der Waals surface area (Å²) in [5.74, 6) is 0. The van der Waals surface area contributed by atoms with E-state index in [0.29, 0.717) is 0 Å².